The number of rotatable bonds is 5. The maximum absolute atomic E-state index is 5.42. The molecule has 15 heavy (non-hydrogen) atoms. The minimum atomic E-state index is 0.379. The van der Waals surface area contributed by atoms with Crippen LogP contribution in [-0.2, 0) is 4.74 Å². The van der Waals surface area contributed by atoms with E-state index in [1.165, 1.54) is 25.9 Å². The molecule has 3 nitrogen and oxygen atoms in total. The first kappa shape index (κ1) is 11.4. The van der Waals surface area contributed by atoms with Gasteiger partial charge in [0.15, 0.2) is 0 Å². The van der Waals surface area contributed by atoms with Gasteiger partial charge in [0.1, 0.15) is 0 Å². The molecule has 1 N–H and O–H groups in total. The number of nitrogens with one attached hydrogen (secondary N) is 1. The molecule has 0 aromatic carbocycles. The first-order valence-electron chi connectivity index (χ1n) is 6.30. The second kappa shape index (κ2) is 4.81. The third kappa shape index (κ3) is 2.92. The molecule has 1 aliphatic carbocycles. The summed E-state index contributed by atoms with van der Waals surface area (Å²) in [5.74, 6) is 0.924. The van der Waals surface area contributed by atoms with E-state index in [2.05, 4.69) is 24.1 Å². The summed E-state index contributed by atoms with van der Waals surface area (Å²) in [4.78, 5) is 2.55. The van der Waals surface area contributed by atoms with Crippen molar-refractivity contribution in [3.63, 3.8) is 0 Å². The lowest BCUT2D eigenvalue weighted by molar-refractivity contribution is 0.0759. The van der Waals surface area contributed by atoms with Crippen molar-refractivity contribution < 1.29 is 4.74 Å². The zero-order chi connectivity index (χ0) is 10.7. The Labute approximate surface area is 93.2 Å². The summed E-state index contributed by atoms with van der Waals surface area (Å²) in [6.07, 6.45) is 2.84. The SMILES string of the molecule is CCOCCN1CCNC(C)(C2CC2)C1. The van der Waals surface area contributed by atoms with Crippen LogP contribution < -0.4 is 5.32 Å². The quantitative estimate of drug-likeness (QED) is 0.691. The number of piperazine rings is 1. The maximum atomic E-state index is 5.42. The molecule has 0 radical (unpaired) electrons. The molecule has 0 spiro atoms. The summed E-state index contributed by atoms with van der Waals surface area (Å²) >= 11 is 0. The van der Waals surface area contributed by atoms with Crippen molar-refractivity contribution in [2.24, 2.45) is 5.92 Å². The zero-order valence-electron chi connectivity index (χ0n) is 10.1. The lowest BCUT2D eigenvalue weighted by atomic mass is 9.93. The van der Waals surface area contributed by atoms with E-state index in [-0.39, 0.29) is 0 Å². The standard InChI is InChI=1S/C12H24N2O/c1-3-15-9-8-14-7-6-13-12(2,10-14)11-4-5-11/h11,13H,3-10H2,1-2H3. The van der Waals surface area contributed by atoms with Crippen LogP contribution in [0.4, 0.5) is 0 Å². The van der Waals surface area contributed by atoms with Gasteiger partial charge in [-0.2, -0.15) is 0 Å². The third-order valence-electron chi connectivity index (χ3n) is 3.74. The Balaban J connectivity index is 1.76. The average Bonchev–Trinajstić information content (AvgIpc) is 3.02. The molecule has 2 fully saturated rings. The van der Waals surface area contributed by atoms with Crippen LogP contribution in [0.5, 0.6) is 0 Å². The van der Waals surface area contributed by atoms with E-state index >= 15 is 0 Å². The largest absolute Gasteiger partial charge is 0.380 e. The van der Waals surface area contributed by atoms with Gasteiger partial charge >= 0.3 is 0 Å². The summed E-state index contributed by atoms with van der Waals surface area (Å²) in [6, 6.07) is 0. The molecular weight excluding hydrogens is 188 g/mol. The highest BCUT2D eigenvalue weighted by atomic mass is 16.5. The van der Waals surface area contributed by atoms with Crippen LogP contribution >= 0.6 is 0 Å². The highest BCUT2D eigenvalue weighted by Crippen LogP contribution is 2.40. The lowest BCUT2D eigenvalue weighted by Gasteiger charge is -2.42. The van der Waals surface area contributed by atoms with Crippen molar-refractivity contribution >= 4 is 0 Å². The van der Waals surface area contributed by atoms with Crippen LogP contribution in [0.2, 0.25) is 0 Å². The summed E-state index contributed by atoms with van der Waals surface area (Å²) in [5, 5.41) is 3.70. The van der Waals surface area contributed by atoms with Crippen molar-refractivity contribution in [3.05, 3.63) is 0 Å². The number of nitrogens with zero attached hydrogens (tertiary/aromatic N) is 1. The zero-order valence-corrected chi connectivity index (χ0v) is 10.1. The van der Waals surface area contributed by atoms with E-state index in [1.807, 2.05) is 0 Å². The normalized spacial score (nSPS) is 33.2. The highest BCUT2D eigenvalue weighted by molar-refractivity contribution is 5.01. The van der Waals surface area contributed by atoms with Crippen molar-refractivity contribution in [2.45, 2.75) is 32.2 Å². The van der Waals surface area contributed by atoms with Gasteiger partial charge < -0.3 is 10.1 Å². The number of hydrogen-bond acceptors (Lipinski definition) is 3. The van der Waals surface area contributed by atoms with Gasteiger partial charge in [0, 0.05) is 38.3 Å². The second-order valence-corrected chi connectivity index (χ2v) is 5.09. The molecule has 1 aliphatic heterocycles. The lowest BCUT2D eigenvalue weighted by Crippen LogP contribution is -2.60. The van der Waals surface area contributed by atoms with Gasteiger partial charge in [-0.1, -0.05) is 0 Å². The van der Waals surface area contributed by atoms with Gasteiger partial charge in [-0.3, -0.25) is 4.90 Å². The molecule has 1 saturated heterocycles. The van der Waals surface area contributed by atoms with Crippen LogP contribution in [0, 0.1) is 5.92 Å². The monoisotopic (exact) mass is 212 g/mol. The van der Waals surface area contributed by atoms with Gasteiger partial charge in [0.25, 0.3) is 0 Å². The summed E-state index contributed by atoms with van der Waals surface area (Å²) in [6.45, 7) is 10.8. The molecular formula is C12H24N2O. The molecule has 2 rings (SSSR count). The van der Waals surface area contributed by atoms with Crippen molar-refractivity contribution in [1.29, 1.82) is 0 Å². The Morgan fingerprint density at radius 3 is 2.93 bits per heavy atom. The van der Waals surface area contributed by atoms with Crippen LogP contribution in [0.3, 0.4) is 0 Å². The summed E-state index contributed by atoms with van der Waals surface area (Å²) < 4.78 is 5.42. The highest BCUT2D eigenvalue weighted by Gasteiger charge is 2.43. The predicted molar refractivity (Wildman–Crippen MR) is 62.1 cm³/mol. The Morgan fingerprint density at radius 1 is 1.47 bits per heavy atom. The topological polar surface area (TPSA) is 24.5 Å². The maximum Gasteiger partial charge on any atom is 0.0593 e. The summed E-state index contributed by atoms with van der Waals surface area (Å²) in [5.41, 5.74) is 0.379. The van der Waals surface area contributed by atoms with Gasteiger partial charge in [-0.25, -0.2) is 0 Å². The Morgan fingerprint density at radius 2 is 2.27 bits per heavy atom. The molecule has 3 heteroatoms. The van der Waals surface area contributed by atoms with E-state index in [0.717, 1.165) is 32.2 Å². The number of ether oxygens (including phenoxy) is 1. The number of hydrogen-bond donors (Lipinski definition) is 1. The van der Waals surface area contributed by atoms with Crippen LogP contribution in [0.25, 0.3) is 0 Å². The van der Waals surface area contributed by atoms with Crippen molar-refractivity contribution in [3.8, 4) is 0 Å². The predicted octanol–water partition coefficient (Wildman–Crippen LogP) is 1.10. The second-order valence-electron chi connectivity index (χ2n) is 5.09. The average molecular weight is 212 g/mol. The van der Waals surface area contributed by atoms with Crippen LogP contribution in [0.1, 0.15) is 26.7 Å². The van der Waals surface area contributed by atoms with Crippen LogP contribution in [0.15, 0.2) is 0 Å². The fourth-order valence-corrected chi connectivity index (χ4v) is 2.62. The fraction of sp³-hybridized carbons (Fsp3) is 1.00. The van der Waals surface area contributed by atoms with Crippen LogP contribution in [-0.4, -0.2) is 49.8 Å². The van der Waals surface area contributed by atoms with E-state index in [1.54, 1.807) is 0 Å². The molecule has 0 aromatic rings. The van der Waals surface area contributed by atoms with E-state index in [0.29, 0.717) is 5.54 Å². The first-order valence-corrected chi connectivity index (χ1v) is 6.30. The minimum absolute atomic E-state index is 0.379. The van der Waals surface area contributed by atoms with Gasteiger partial charge in [-0.15, -0.1) is 0 Å². The van der Waals surface area contributed by atoms with Gasteiger partial charge in [0.05, 0.1) is 6.61 Å². The fourth-order valence-electron chi connectivity index (χ4n) is 2.62. The Hall–Kier alpha value is -0.120. The van der Waals surface area contributed by atoms with E-state index < -0.39 is 0 Å². The molecule has 1 unspecified atom stereocenters. The smallest absolute Gasteiger partial charge is 0.0593 e. The van der Waals surface area contributed by atoms with E-state index in [4.69, 9.17) is 4.74 Å². The Kier molecular flexibility index (Phi) is 3.65. The van der Waals surface area contributed by atoms with Gasteiger partial charge in [-0.05, 0) is 32.6 Å². The molecule has 0 aromatic heterocycles. The minimum Gasteiger partial charge on any atom is -0.380 e. The van der Waals surface area contributed by atoms with Crippen molar-refractivity contribution in [1.82, 2.24) is 10.2 Å². The van der Waals surface area contributed by atoms with Gasteiger partial charge in [0.2, 0.25) is 0 Å². The third-order valence-corrected chi connectivity index (χ3v) is 3.74. The molecule has 0 bridgehead atoms. The van der Waals surface area contributed by atoms with Crippen molar-refractivity contribution in [2.75, 3.05) is 39.4 Å². The molecule has 2 aliphatic rings. The Bertz CT molecular complexity index is 206. The van der Waals surface area contributed by atoms with E-state index in [9.17, 15) is 0 Å². The summed E-state index contributed by atoms with van der Waals surface area (Å²) in [7, 11) is 0. The molecule has 0 amide bonds. The molecule has 88 valence electrons. The molecule has 1 atom stereocenters. The molecule has 1 saturated carbocycles. The first-order chi connectivity index (χ1) is 7.24. The molecule has 1 heterocycles.